The van der Waals surface area contributed by atoms with Crippen LogP contribution in [-0.4, -0.2) is 24.2 Å². The Balaban J connectivity index is 2.24. The first-order valence-corrected chi connectivity index (χ1v) is 5.21. The summed E-state index contributed by atoms with van der Waals surface area (Å²) in [6, 6.07) is 2.51. The molecule has 2 rings (SSSR count). The zero-order valence-corrected chi connectivity index (χ0v) is 9.49. The third kappa shape index (κ3) is 2.55. The van der Waals surface area contributed by atoms with Crippen LogP contribution in [0.4, 0.5) is 5.69 Å². The molecule has 0 unspecified atom stereocenters. The van der Waals surface area contributed by atoms with Gasteiger partial charge in [0.25, 0.3) is 0 Å². The first-order valence-electron chi connectivity index (χ1n) is 4.46. The van der Waals surface area contributed by atoms with Crippen LogP contribution in [0.5, 0.6) is 5.75 Å². The zero-order chi connectivity index (χ0) is 11.7. The molecule has 0 amide bonds. The molecule has 5 nitrogen and oxygen atoms in total. The molecule has 1 saturated heterocycles. The van der Waals surface area contributed by atoms with Gasteiger partial charge in [0.1, 0.15) is 12.7 Å². The third-order valence-corrected chi connectivity index (χ3v) is 2.75. The Bertz CT molecular complexity index is 434. The average Bonchev–Trinajstić information content (AvgIpc) is 3.02. The van der Waals surface area contributed by atoms with Crippen LogP contribution in [0.15, 0.2) is 12.1 Å². The van der Waals surface area contributed by atoms with Gasteiger partial charge in [0.05, 0.1) is 21.6 Å². The first-order chi connectivity index (χ1) is 7.58. The molecule has 1 aromatic rings. The van der Waals surface area contributed by atoms with E-state index >= 15 is 0 Å². The minimum Gasteiger partial charge on any atom is -0.484 e. The number of ether oxygens (including phenoxy) is 2. The molecule has 0 aliphatic carbocycles. The summed E-state index contributed by atoms with van der Waals surface area (Å²) < 4.78 is 10.2. The summed E-state index contributed by atoms with van der Waals surface area (Å²) >= 11 is 11.4. The van der Waals surface area contributed by atoms with Crippen molar-refractivity contribution in [3.8, 4) is 5.75 Å². The van der Waals surface area contributed by atoms with Gasteiger partial charge >= 0.3 is 5.69 Å². The van der Waals surface area contributed by atoms with Crippen LogP contribution in [0.25, 0.3) is 0 Å². The van der Waals surface area contributed by atoms with Crippen molar-refractivity contribution in [1.29, 1.82) is 0 Å². The molecule has 0 N–H and O–H groups in total. The van der Waals surface area contributed by atoms with Crippen LogP contribution < -0.4 is 4.74 Å². The van der Waals surface area contributed by atoms with Gasteiger partial charge in [-0.2, -0.15) is 0 Å². The topological polar surface area (TPSA) is 64.9 Å². The van der Waals surface area contributed by atoms with Gasteiger partial charge in [-0.1, -0.05) is 23.2 Å². The lowest BCUT2D eigenvalue weighted by Crippen LogP contribution is -2.05. The lowest BCUT2D eigenvalue weighted by atomic mass is 10.3. The van der Waals surface area contributed by atoms with Crippen LogP contribution in [0.2, 0.25) is 10.0 Å². The van der Waals surface area contributed by atoms with Gasteiger partial charge in [-0.05, 0) is 0 Å². The molecule has 1 atom stereocenters. The van der Waals surface area contributed by atoms with Crippen LogP contribution in [0.3, 0.4) is 0 Å². The molecule has 1 aromatic carbocycles. The van der Waals surface area contributed by atoms with Gasteiger partial charge in [-0.3, -0.25) is 10.1 Å². The number of nitrogens with zero attached hydrogens (tertiary/aromatic N) is 1. The number of rotatable bonds is 4. The van der Waals surface area contributed by atoms with Crippen molar-refractivity contribution in [3.05, 3.63) is 32.3 Å². The van der Waals surface area contributed by atoms with Crippen LogP contribution in [-0.2, 0) is 4.74 Å². The summed E-state index contributed by atoms with van der Waals surface area (Å²) in [4.78, 5) is 10.2. The fourth-order valence-corrected chi connectivity index (χ4v) is 1.43. The maximum absolute atomic E-state index is 10.7. The van der Waals surface area contributed by atoms with Gasteiger partial charge in [-0.25, -0.2) is 0 Å². The number of nitro benzene ring substituents is 1. The molecule has 1 fully saturated rings. The summed E-state index contributed by atoms with van der Waals surface area (Å²) in [6.07, 6.45) is 0.0223. The molecule has 16 heavy (non-hydrogen) atoms. The monoisotopic (exact) mass is 263 g/mol. The smallest absolute Gasteiger partial charge is 0.312 e. The molecular formula is C9H7Cl2NO4. The normalized spacial score (nSPS) is 18.2. The Kier molecular flexibility index (Phi) is 3.18. The molecule has 0 radical (unpaired) electrons. The largest absolute Gasteiger partial charge is 0.484 e. The van der Waals surface area contributed by atoms with Crippen molar-refractivity contribution in [1.82, 2.24) is 0 Å². The van der Waals surface area contributed by atoms with E-state index in [1.54, 1.807) is 0 Å². The molecule has 0 saturated carbocycles. The minimum absolute atomic E-state index is 0.0223. The standard InChI is InChI=1S/C9H7Cl2NO4/c10-6-1-8(12(13)14)9(2-7(6)11)16-4-5-3-15-5/h1-2,5H,3-4H2/t5-/m0/s1. The fraction of sp³-hybridized carbons (Fsp3) is 0.333. The van der Waals surface area contributed by atoms with Gasteiger partial charge in [-0.15, -0.1) is 0 Å². The summed E-state index contributed by atoms with van der Waals surface area (Å²) in [7, 11) is 0. The summed E-state index contributed by atoms with van der Waals surface area (Å²) in [6.45, 7) is 0.897. The number of halogens is 2. The van der Waals surface area contributed by atoms with Crippen LogP contribution >= 0.6 is 23.2 Å². The van der Waals surface area contributed by atoms with Crippen molar-refractivity contribution < 1.29 is 14.4 Å². The predicted molar refractivity (Wildman–Crippen MR) is 58.4 cm³/mol. The lowest BCUT2D eigenvalue weighted by Gasteiger charge is -2.06. The Labute approximate surface area is 101 Å². The van der Waals surface area contributed by atoms with Gasteiger partial charge in [0.2, 0.25) is 0 Å². The highest BCUT2D eigenvalue weighted by Crippen LogP contribution is 2.35. The van der Waals surface area contributed by atoms with Crippen molar-refractivity contribution in [2.45, 2.75) is 6.10 Å². The molecular weight excluding hydrogens is 257 g/mol. The highest BCUT2D eigenvalue weighted by Gasteiger charge is 2.25. The Morgan fingerprint density at radius 1 is 1.50 bits per heavy atom. The van der Waals surface area contributed by atoms with Gasteiger partial charge in [0, 0.05) is 12.1 Å². The molecule has 0 spiro atoms. The predicted octanol–water partition coefficient (Wildman–Crippen LogP) is 2.68. The maximum atomic E-state index is 10.7. The number of hydrogen-bond acceptors (Lipinski definition) is 4. The minimum atomic E-state index is -0.564. The van der Waals surface area contributed by atoms with Crippen molar-refractivity contribution in [2.24, 2.45) is 0 Å². The Morgan fingerprint density at radius 3 is 2.69 bits per heavy atom. The molecule has 0 aromatic heterocycles. The molecule has 1 heterocycles. The zero-order valence-electron chi connectivity index (χ0n) is 7.98. The van der Waals surface area contributed by atoms with Crippen molar-refractivity contribution >= 4 is 28.9 Å². The van der Waals surface area contributed by atoms with E-state index in [4.69, 9.17) is 32.7 Å². The Morgan fingerprint density at radius 2 is 2.12 bits per heavy atom. The summed E-state index contributed by atoms with van der Waals surface area (Å²) in [5.41, 5.74) is -0.199. The van der Waals surface area contributed by atoms with E-state index < -0.39 is 4.92 Å². The number of benzene rings is 1. The van der Waals surface area contributed by atoms with Crippen LogP contribution in [0, 0.1) is 10.1 Å². The van der Waals surface area contributed by atoms with E-state index in [1.165, 1.54) is 12.1 Å². The quantitative estimate of drug-likeness (QED) is 0.476. The Hall–Kier alpha value is -1.04. The second-order valence-electron chi connectivity index (χ2n) is 3.26. The number of hydrogen-bond donors (Lipinski definition) is 0. The SMILES string of the molecule is O=[N+]([O-])c1cc(Cl)c(Cl)cc1OC[C@@H]1CO1. The van der Waals surface area contributed by atoms with Crippen LogP contribution in [0.1, 0.15) is 0 Å². The van der Waals surface area contributed by atoms with E-state index in [2.05, 4.69) is 0 Å². The summed E-state index contributed by atoms with van der Waals surface area (Å²) in [5.74, 6) is 0.106. The van der Waals surface area contributed by atoms with E-state index in [-0.39, 0.29) is 34.2 Å². The number of nitro groups is 1. The highest BCUT2D eigenvalue weighted by atomic mass is 35.5. The first kappa shape index (κ1) is 11.4. The number of epoxide rings is 1. The molecule has 1 aliphatic heterocycles. The van der Waals surface area contributed by atoms with Gasteiger partial charge < -0.3 is 9.47 Å². The summed E-state index contributed by atoms with van der Waals surface area (Å²) in [5, 5.41) is 11.1. The average molecular weight is 264 g/mol. The van der Waals surface area contributed by atoms with Gasteiger partial charge in [0.15, 0.2) is 5.75 Å². The van der Waals surface area contributed by atoms with E-state index in [9.17, 15) is 10.1 Å². The van der Waals surface area contributed by atoms with E-state index in [0.717, 1.165) is 0 Å². The van der Waals surface area contributed by atoms with Crippen molar-refractivity contribution in [3.63, 3.8) is 0 Å². The lowest BCUT2D eigenvalue weighted by molar-refractivity contribution is -0.385. The van der Waals surface area contributed by atoms with E-state index in [0.29, 0.717) is 6.61 Å². The molecule has 0 bridgehead atoms. The maximum Gasteiger partial charge on any atom is 0.312 e. The second-order valence-corrected chi connectivity index (χ2v) is 4.07. The molecule has 86 valence electrons. The van der Waals surface area contributed by atoms with Crippen molar-refractivity contribution in [2.75, 3.05) is 13.2 Å². The fourth-order valence-electron chi connectivity index (χ4n) is 1.12. The highest BCUT2D eigenvalue weighted by molar-refractivity contribution is 6.42. The molecule has 1 aliphatic rings. The van der Waals surface area contributed by atoms with E-state index in [1.807, 2.05) is 0 Å². The third-order valence-electron chi connectivity index (χ3n) is 2.03. The molecule has 7 heteroatoms. The second kappa shape index (κ2) is 4.45.